The Balaban J connectivity index is 1.88. The van der Waals surface area contributed by atoms with Crippen molar-refractivity contribution in [2.75, 3.05) is 19.8 Å². The van der Waals surface area contributed by atoms with E-state index in [0.717, 1.165) is 12.8 Å². The first-order chi connectivity index (χ1) is 16.0. The number of hydrogen-bond acceptors (Lipinski definition) is 4. The second-order valence-electron chi connectivity index (χ2n) is 8.43. The molecule has 0 bridgehead atoms. The molecule has 0 spiro atoms. The molecule has 0 unspecified atom stereocenters. The fraction of sp³-hybridized carbons (Fsp3) is 0.692. The molecular weight excluding hydrogens is 461 g/mol. The Morgan fingerprint density at radius 2 is 1.42 bits per heavy atom. The minimum Gasteiger partial charge on any atom is -0.480 e. The summed E-state index contributed by atoms with van der Waals surface area (Å²) in [6, 6.07) is 4.76. The molecule has 0 heterocycles. The highest BCUT2D eigenvalue weighted by Gasteiger charge is 2.08. The van der Waals surface area contributed by atoms with E-state index in [1.807, 2.05) is 0 Å². The van der Waals surface area contributed by atoms with Crippen molar-refractivity contribution in [3.8, 4) is 5.75 Å². The van der Waals surface area contributed by atoms with Crippen LogP contribution in [-0.4, -0.2) is 31.6 Å². The van der Waals surface area contributed by atoms with Crippen molar-refractivity contribution >= 4 is 35.1 Å². The summed E-state index contributed by atoms with van der Waals surface area (Å²) < 4.78 is 10.4. The third-order valence-corrected chi connectivity index (χ3v) is 5.96. The quantitative estimate of drug-likeness (QED) is 0.148. The van der Waals surface area contributed by atoms with Crippen molar-refractivity contribution in [1.29, 1.82) is 0 Å². The summed E-state index contributed by atoms with van der Waals surface area (Å²) in [5.74, 6) is -0.158. The first kappa shape index (κ1) is 29.6. The van der Waals surface area contributed by atoms with Gasteiger partial charge in [-0.3, -0.25) is 4.79 Å². The predicted octanol–water partition coefficient (Wildman–Crippen LogP) is 7.51. The second-order valence-corrected chi connectivity index (χ2v) is 9.27. The van der Waals surface area contributed by atoms with Crippen LogP contribution in [0, 0.1) is 0 Å². The number of amides is 1. The van der Waals surface area contributed by atoms with E-state index >= 15 is 0 Å². The van der Waals surface area contributed by atoms with E-state index in [0.29, 0.717) is 28.8 Å². The molecule has 0 aromatic heterocycles. The van der Waals surface area contributed by atoms with Crippen molar-refractivity contribution in [3.05, 3.63) is 28.2 Å². The molecule has 1 amide bonds. The molecule has 0 aliphatic carbocycles. The van der Waals surface area contributed by atoms with Crippen LogP contribution in [0.5, 0.6) is 5.75 Å². The molecule has 0 saturated carbocycles. The lowest BCUT2D eigenvalue weighted by Gasteiger charge is -2.09. The van der Waals surface area contributed by atoms with Gasteiger partial charge in [-0.25, -0.2) is 4.79 Å². The van der Waals surface area contributed by atoms with Gasteiger partial charge in [0.05, 0.1) is 11.6 Å². The Morgan fingerprint density at radius 3 is 2.00 bits per heavy atom. The third kappa shape index (κ3) is 16.7. The van der Waals surface area contributed by atoms with Gasteiger partial charge < -0.3 is 14.8 Å². The number of carbonyl (C=O) groups excluding carboxylic acids is 2. The maximum Gasteiger partial charge on any atom is 0.344 e. The number of unbranched alkanes of at least 4 members (excludes halogenated alkanes) is 12. The normalized spacial score (nSPS) is 10.8. The van der Waals surface area contributed by atoms with Crippen LogP contribution >= 0.6 is 23.2 Å². The van der Waals surface area contributed by atoms with Crippen molar-refractivity contribution in [1.82, 2.24) is 5.32 Å². The van der Waals surface area contributed by atoms with E-state index in [-0.39, 0.29) is 19.1 Å². The van der Waals surface area contributed by atoms with Gasteiger partial charge in [-0.2, -0.15) is 0 Å². The van der Waals surface area contributed by atoms with E-state index in [1.54, 1.807) is 12.1 Å². The Bertz CT molecular complexity index is 670. The Labute approximate surface area is 209 Å². The monoisotopic (exact) mass is 501 g/mol. The zero-order valence-electron chi connectivity index (χ0n) is 20.1. The molecule has 0 saturated heterocycles. The van der Waals surface area contributed by atoms with Crippen molar-refractivity contribution in [3.63, 3.8) is 0 Å². The van der Waals surface area contributed by atoms with Crippen LogP contribution < -0.4 is 10.1 Å². The summed E-state index contributed by atoms with van der Waals surface area (Å²) in [5, 5.41) is 3.60. The van der Waals surface area contributed by atoms with Crippen molar-refractivity contribution in [2.45, 2.75) is 96.8 Å². The number of hydrogen-bond donors (Lipinski definition) is 1. The fourth-order valence-corrected chi connectivity index (χ4v) is 3.98. The largest absolute Gasteiger partial charge is 0.480 e. The molecule has 1 N–H and O–H groups in total. The van der Waals surface area contributed by atoms with Gasteiger partial charge in [-0.05, 0) is 24.6 Å². The molecule has 0 aliphatic rings. The van der Waals surface area contributed by atoms with Crippen LogP contribution in [0.4, 0.5) is 0 Å². The highest BCUT2D eigenvalue weighted by molar-refractivity contribution is 6.35. The number of ether oxygens (including phenoxy) is 2. The maximum absolute atomic E-state index is 11.9. The summed E-state index contributed by atoms with van der Waals surface area (Å²) in [4.78, 5) is 23.6. The first-order valence-corrected chi connectivity index (χ1v) is 13.3. The molecule has 33 heavy (non-hydrogen) atoms. The van der Waals surface area contributed by atoms with Crippen LogP contribution in [0.1, 0.15) is 96.8 Å². The lowest BCUT2D eigenvalue weighted by molar-refractivity contribution is -0.146. The summed E-state index contributed by atoms with van der Waals surface area (Å²) >= 11 is 11.8. The molecule has 1 aromatic rings. The van der Waals surface area contributed by atoms with Crippen LogP contribution in [0.2, 0.25) is 10.0 Å². The van der Waals surface area contributed by atoms with Gasteiger partial charge in [0, 0.05) is 11.4 Å². The van der Waals surface area contributed by atoms with Crippen LogP contribution in [-0.2, 0) is 14.3 Å². The molecule has 7 heteroatoms. The molecule has 0 radical (unpaired) electrons. The van der Waals surface area contributed by atoms with Crippen molar-refractivity contribution < 1.29 is 19.1 Å². The number of benzene rings is 1. The zero-order valence-corrected chi connectivity index (χ0v) is 21.7. The summed E-state index contributed by atoms with van der Waals surface area (Å²) in [7, 11) is 0. The topological polar surface area (TPSA) is 64.6 Å². The highest BCUT2D eigenvalue weighted by Crippen LogP contribution is 2.27. The molecule has 5 nitrogen and oxygen atoms in total. The highest BCUT2D eigenvalue weighted by atomic mass is 35.5. The van der Waals surface area contributed by atoms with Gasteiger partial charge in [0.25, 0.3) is 0 Å². The summed E-state index contributed by atoms with van der Waals surface area (Å²) in [6.07, 6.45) is 17.2. The molecule has 1 aromatic carbocycles. The average molecular weight is 503 g/mol. The molecule has 1 rings (SSSR count). The summed E-state index contributed by atoms with van der Waals surface area (Å²) in [5.41, 5.74) is 0. The smallest absolute Gasteiger partial charge is 0.344 e. The average Bonchev–Trinajstić information content (AvgIpc) is 2.79. The standard InChI is InChI=1S/C26H41Cl2NO4/c1-2-3-4-5-6-7-8-9-10-11-12-13-14-15-25(30)29-18-19-32-26(31)21-33-24-17-16-22(27)20-23(24)28/h16-17,20H,2-15,18-19,21H2,1H3,(H,29,30). The third-order valence-electron chi connectivity index (χ3n) is 5.43. The molecule has 0 atom stereocenters. The van der Waals surface area contributed by atoms with Crippen LogP contribution in [0.3, 0.4) is 0 Å². The molecule has 0 fully saturated rings. The van der Waals surface area contributed by atoms with Crippen molar-refractivity contribution in [2.24, 2.45) is 0 Å². The SMILES string of the molecule is CCCCCCCCCCCCCCCC(=O)NCCOC(=O)COc1ccc(Cl)cc1Cl. The molecule has 188 valence electrons. The van der Waals surface area contributed by atoms with E-state index < -0.39 is 5.97 Å². The number of esters is 1. The Kier molecular flexibility index (Phi) is 17.9. The minimum absolute atomic E-state index is 0.00156. The van der Waals surface area contributed by atoms with Gasteiger partial charge in [0.15, 0.2) is 6.61 Å². The van der Waals surface area contributed by atoms with E-state index in [9.17, 15) is 9.59 Å². The number of halogens is 2. The zero-order chi connectivity index (χ0) is 24.2. The number of carbonyl (C=O) groups is 2. The predicted molar refractivity (Wildman–Crippen MR) is 136 cm³/mol. The van der Waals surface area contributed by atoms with Gasteiger partial charge in [-0.1, -0.05) is 107 Å². The lowest BCUT2D eigenvalue weighted by atomic mass is 10.0. The second kappa shape index (κ2) is 20.0. The minimum atomic E-state index is -0.522. The Morgan fingerprint density at radius 1 is 0.848 bits per heavy atom. The van der Waals surface area contributed by atoms with E-state index in [2.05, 4.69) is 12.2 Å². The lowest BCUT2D eigenvalue weighted by Crippen LogP contribution is -2.28. The van der Waals surface area contributed by atoms with E-state index in [4.69, 9.17) is 32.7 Å². The van der Waals surface area contributed by atoms with Gasteiger partial charge in [0.2, 0.25) is 5.91 Å². The van der Waals surface area contributed by atoms with Gasteiger partial charge in [-0.15, -0.1) is 0 Å². The van der Waals surface area contributed by atoms with E-state index in [1.165, 1.54) is 76.7 Å². The summed E-state index contributed by atoms with van der Waals surface area (Å²) in [6.45, 7) is 2.41. The molecular formula is C26H41Cl2NO4. The maximum atomic E-state index is 11.9. The number of nitrogens with one attached hydrogen (secondary N) is 1. The number of rotatable bonds is 20. The molecule has 0 aliphatic heterocycles. The Hall–Kier alpha value is -1.46. The van der Waals surface area contributed by atoms with Crippen LogP contribution in [0.15, 0.2) is 18.2 Å². The van der Waals surface area contributed by atoms with Crippen LogP contribution in [0.25, 0.3) is 0 Å². The van der Waals surface area contributed by atoms with Gasteiger partial charge >= 0.3 is 5.97 Å². The first-order valence-electron chi connectivity index (χ1n) is 12.5. The fourth-order valence-electron chi connectivity index (χ4n) is 3.52. The van der Waals surface area contributed by atoms with Gasteiger partial charge in [0.1, 0.15) is 12.4 Å².